The van der Waals surface area contributed by atoms with Crippen molar-refractivity contribution in [2.75, 3.05) is 13.1 Å². The van der Waals surface area contributed by atoms with Crippen molar-refractivity contribution >= 4 is 5.91 Å². The van der Waals surface area contributed by atoms with Crippen LogP contribution in [0, 0.1) is 11.3 Å². The van der Waals surface area contributed by atoms with E-state index >= 15 is 0 Å². The number of aliphatic hydroxyl groups excluding tert-OH is 1. The molecule has 0 heterocycles. The van der Waals surface area contributed by atoms with Crippen LogP contribution < -0.4 is 11.1 Å². The maximum Gasteiger partial charge on any atom is 0.222 e. The molecule has 0 saturated carbocycles. The lowest BCUT2D eigenvalue weighted by Crippen LogP contribution is -2.37. The number of rotatable bonds is 8. The Hall–Kier alpha value is -0.610. The maximum absolute atomic E-state index is 11.5. The van der Waals surface area contributed by atoms with Crippen LogP contribution in [-0.4, -0.2) is 30.2 Å². The highest BCUT2D eigenvalue weighted by Gasteiger charge is 2.30. The summed E-state index contributed by atoms with van der Waals surface area (Å²) in [6.45, 7) is 9.41. The lowest BCUT2D eigenvalue weighted by atomic mass is 9.78. The average Bonchev–Trinajstić information content (AvgIpc) is 2.15. The Kier molecular flexibility index (Phi) is 7.39. The number of amides is 1. The van der Waals surface area contributed by atoms with Crippen LogP contribution in [0.3, 0.4) is 0 Å². The molecule has 0 aliphatic carbocycles. The van der Waals surface area contributed by atoms with E-state index in [1.54, 1.807) is 0 Å². The molecule has 0 aromatic rings. The Morgan fingerprint density at radius 3 is 2.47 bits per heavy atom. The molecule has 4 N–H and O–H groups in total. The average molecular weight is 244 g/mol. The van der Waals surface area contributed by atoms with Crippen LogP contribution in [0.1, 0.15) is 47.0 Å². The molecule has 4 heteroatoms. The Morgan fingerprint density at radius 2 is 2.00 bits per heavy atom. The van der Waals surface area contributed by atoms with Gasteiger partial charge in [-0.25, -0.2) is 0 Å². The first kappa shape index (κ1) is 16.4. The molecule has 0 rings (SSSR count). The van der Waals surface area contributed by atoms with E-state index in [-0.39, 0.29) is 17.7 Å². The van der Waals surface area contributed by atoms with Crippen LogP contribution in [-0.2, 0) is 4.79 Å². The quantitative estimate of drug-likeness (QED) is 0.563. The molecule has 0 aromatic heterocycles. The van der Waals surface area contributed by atoms with Crippen LogP contribution in [0.15, 0.2) is 0 Å². The van der Waals surface area contributed by atoms with Crippen molar-refractivity contribution in [1.82, 2.24) is 5.32 Å². The number of carbonyl (C=O) groups excluding carboxylic acids is 1. The molecular weight excluding hydrogens is 216 g/mol. The molecule has 0 saturated heterocycles. The predicted octanol–water partition coefficient (Wildman–Crippen LogP) is 1.27. The van der Waals surface area contributed by atoms with Gasteiger partial charge in [0.1, 0.15) is 0 Å². The number of nitrogens with one attached hydrogen (secondary N) is 1. The van der Waals surface area contributed by atoms with Gasteiger partial charge >= 0.3 is 0 Å². The first-order valence-corrected chi connectivity index (χ1v) is 6.44. The van der Waals surface area contributed by atoms with Crippen LogP contribution in [0.2, 0.25) is 0 Å². The maximum atomic E-state index is 11.5. The Balaban J connectivity index is 4.05. The minimum Gasteiger partial charge on any atom is -0.392 e. The van der Waals surface area contributed by atoms with Gasteiger partial charge < -0.3 is 16.2 Å². The van der Waals surface area contributed by atoms with Crippen molar-refractivity contribution in [3.8, 4) is 0 Å². The smallest absolute Gasteiger partial charge is 0.222 e. The van der Waals surface area contributed by atoms with E-state index in [0.717, 1.165) is 12.8 Å². The molecule has 1 amide bonds. The van der Waals surface area contributed by atoms with Gasteiger partial charge in [0, 0.05) is 6.54 Å². The zero-order valence-corrected chi connectivity index (χ0v) is 11.6. The van der Waals surface area contributed by atoms with Gasteiger partial charge in [-0.2, -0.15) is 0 Å². The lowest BCUT2D eigenvalue weighted by Gasteiger charge is -2.31. The van der Waals surface area contributed by atoms with Gasteiger partial charge in [-0.15, -0.1) is 0 Å². The van der Waals surface area contributed by atoms with E-state index in [9.17, 15) is 9.90 Å². The molecule has 17 heavy (non-hydrogen) atoms. The van der Waals surface area contributed by atoms with Crippen molar-refractivity contribution in [2.45, 2.75) is 53.1 Å². The highest BCUT2D eigenvalue weighted by atomic mass is 16.3. The van der Waals surface area contributed by atoms with Crippen molar-refractivity contribution in [2.24, 2.45) is 17.1 Å². The summed E-state index contributed by atoms with van der Waals surface area (Å²) in [6.07, 6.45) is 1.26. The largest absolute Gasteiger partial charge is 0.392 e. The zero-order valence-electron chi connectivity index (χ0n) is 11.6. The number of hydrogen-bond acceptors (Lipinski definition) is 3. The summed E-state index contributed by atoms with van der Waals surface area (Å²) >= 11 is 0. The topological polar surface area (TPSA) is 75.3 Å². The van der Waals surface area contributed by atoms with Gasteiger partial charge in [-0.05, 0) is 30.7 Å². The molecule has 0 spiro atoms. The molecule has 0 aliphatic heterocycles. The third kappa shape index (κ3) is 7.34. The van der Waals surface area contributed by atoms with E-state index in [2.05, 4.69) is 19.2 Å². The van der Waals surface area contributed by atoms with E-state index in [0.29, 0.717) is 19.0 Å². The summed E-state index contributed by atoms with van der Waals surface area (Å²) in [5.74, 6) is 0.419. The van der Waals surface area contributed by atoms with Crippen molar-refractivity contribution in [1.29, 1.82) is 0 Å². The van der Waals surface area contributed by atoms with E-state index < -0.39 is 6.10 Å². The van der Waals surface area contributed by atoms with Gasteiger partial charge in [-0.1, -0.05) is 27.7 Å². The monoisotopic (exact) mass is 244 g/mol. The highest BCUT2D eigenvalue weighted by molar-refractivity contribution is 5.76. The van der Waals surface area contributed by atoms with Gasteiger partial charge in [0.25, 0.3) is 0 Å². The zero-order chi connectivity index (χ0) is 13.5. The molecule has 0 aromatic carbocycles. The van der Waals surface area contributed by atoms with Crippen molar-refractivity contribution < 1.29 is 9.90 Å². The second-order valence-electron chi connectivity index (χ2n) is 5.80. The Morgan fingerprint density at radius 1 is 1.41 bits per heavy atom. The molecule has 0 bridgehead atoms. The molecule has 1 atom stereocenters. The van der Waals surface area contributed by atoms with E-state index in [1.807, 2.05) is 13.8 Å². The summed E-state index contributed by atoms with van der Waals surface area (Å²) in [6, 6.07) is 0. The first-order chi connectivity index (χ1) is 7.79. The Labute approximate surface area is 105 Å². The molecule has 0 fully saturated rings. The molecule has 102 valence electrons. The van der Waals surface area contributed by atoms with Crippen LogP contribution in [0.25, 0.3) is 0 Å². The fourth-order valence-electron chi connectivity index (χ4n) is 2.04. The fourth-order valence-corrected chi connectivity index (χ4v) is 2.04. The van der Waals surface area contributed by atoms with Gasteiger partial charge in [0.15, 0.2) is 0 Å². The molecule has 0 aliphatic rings. The summed E-state index contributed by atoms with van der Waals surface area (Å²) in [7, 11) is 0. The van der Waals surface area contributed by atoms with Crippen LogP contribution >= 0.6 is 0 Å². The number of carbonyl (C=O) groups is 1. The van der Waals surface area contributed by atoms with E-state index in [1.165, 1.54) is 0 Å². The summed E-state index contributed by atoms with van der Waals surface area (Å²) in [4.78, 5) is 11.5. The second-order valence-corrected chi connectivity index (χ2v) is 5.80. The minimum absolute atomic E-state index is 0.0946. The van der Waals surface area contributed by atoms with Gasteiger partial charge in [0.05, 0.1) is 12.5 Å². The van der Waals surface area contributed by atoms with Crippen LogP contribution in [0.5, 0.6) is 0 Å². The third-order valence-corrected chi connectivity index (χ3v) is 2.92. The third-order valence-electron chi connectivity index (χ3n) is 2.92. The summed E-state index contributed by atoms with van der Waals surface area (Å²) < 4.78 is 0. The standard InChI is InChI=1S/C13H28N2O2/c1-10(2)9-13(3,4)11(16)8-12(17)15-7-5-6-14/h10-11,16H,5-9,14H2,1-4H3,(H,15,17)/t11-/m0/s1. The fraction of sp³-hybridized carbons (Fsp3) is 0.923. The lowest BCUT2D eigenvalue weighted by molar-refractivity contribution is -0.125. The predicted molar refractivity (Wildman–Crippen MR) is 70.5 cm³/mol. The minimum atomic E-state index is -0.595. The second kappa shape index (κ2) is 7.67. The van der Waals surface area contributed by atoms with Gasteiger partial charge in [-0.3, -0.25) is 4.79 Å². The number of nitrogens with two attached hydrogens (primary N) is 1. The van der Waals surface area contributed by atoms with Crippen molar-refractivity contribution in [3.63, 3.8) is 0 Å². The summed E-state index contributed by atoms with van der Waals surface area (Å²) in [5.41, 5.74) is 5.12. The summed E-state index contributed by atoms with van der Waals surface area (Å²) in [5, 5.41) is 12.8. The molecular formula is C13H28N2O2. The normalized spacial score (nSPS) is 13.8. The van der Waals surface area contributed by atoms with Gasteiger partial charge in [0.2, 0.25) is 5.91 Å². The Bertz CT molecular complexity index is 227. The first-order valence-electron chi connectivity index (χ1n) is 6.44. The highest BCUT2D eigenvalue weighted by Crippen LogP contribution is 2.30. The van der Waals surface area contributed by atoms with Crippen molar-refractivity contribution in [3.05, 3.63) is 0 Å². The number of hydrogen-bond donors (Lipinski definition) is 3. The number of aliphatic hydroxyl groups is 1. The van der Waals surface area contributed by atoms with Crippen LogP contribution in [0.4, 0.5) is 0 Å². The molecule has 0 unspecified atom stereocenters. The molecule has 4 nitrogen and oxygen atoms in total. The molecule has 0 radical (unpaired) electrons. The SMILES string of the molecule is CC(C)CC(C)(C)[C@@H](O)CC(=O)NCCCN. The van der Waals surface area contributed by atoms with E-state index in [4.69, 9.17) is 5.73 Å².